The molecule has 19 heteroatoms. The van der Waals surface area contributed by atoms with Crippen LogP contribution in [0.4, 0.5) is 57.1 Å². The van der Waals surface area contributed by atoms with Gasteiger partial charge in [0.2, 0.25) is 6.29 Å². The second-order valence-corrected chi connectivity index (χ2v) is 6.69. The largest absolute Gasteiger partial charge is 0.460 e. The Balaban J connectivity index is 2.44. The topological polar surface area (TPSA) is 88.4 Å². The predicted octanol–water partition coefficient (Wildman–Crippen LogP) is 1.91. The van der Waals surface area contributed by atoms with Crippen LogP contribution < -0.4 is 0 Å². The highest BCUT2D eigenvalue weighted by Crippen LogP contribution is 2.61. The van der Waals surface area contributed by atoms with Crippen molar-refractivity contribution in [3.63, 3.8) is 0 Å². The minimum atomic E-state index is -8.09. The highest BCUT2D eigenvalue weighted by atomic mass is 19.4. The summed E-state index contributed by atoms with van der Waals surface area (Å²) < 4.78 is 184. The second-order valence-electron chi connectivity index (χ2n) is 6.69. The van der Waals surface area contributed by atoms with Crippen molar-refractivity contribution in [1.29, 1.82) is 0 Å². The summed E-state index contributed by atoms with van der Waals surface area (Å²) in [5.74, 6) is -38.4. The van der Waals surface area contributed by atoms with E-state index in [4.69, 9.17) is 5.11 Å². The molecule has 32 heavy (non-hydrogen) atoms. The minimum Gasteiger partial charge on any atom is -0.394 e. The maximum absolute atomic E-state index is 14.1. The van der Waals surface area contributed by atoms with E-state index < -0.39 is 79.4 Å². The molecule has 0 aromatic heterocycles. The first-order chi connectivity index (χ1) is 14.1. The summed E-state index contributed by atoms with van der Waals surface area (Å²) in [5.41, 5.74) is 0. The van der Waals surface area contributed by atoms with Gasteiger partial charge in [-0.3, -0.25) is 0 Å². The smallest absolute Gasteiger partial charge is 0.394 e. The van der Waals surface area contributed by atoms with Crippen molar-refractivity contribution in [2.75, 3.05) is 6.61 Å². The number of aliphatic hydroxyl groups excluding tert-OH is 3. The van der Waals surface area contributed by atoms with Crippen molar-refractivity contribution >= 4 is 0 Å². The van der Waals surface area contributed by atoms with Gasteiger partial charge in [0.05, 0.1) is 6.61 Å². The van der Waals surface area contributed by atoms with Gasteiger partial charge >= 0.3 is 35.8 Å². The average molecular weight is 510 g/mol. The van der Waals surface area contributed by atoms with Crippen LogP contribution in [0.3, 0.4) is 0 Å². The molecule has 2 rings (SSSR count). The van der Waals surface area contributed by atoms with Crippen LogP contribution in [0.1, 0.15) is 0 Å². The van der Waals surface area contributed by atoms with E-state index in [1.807, 2.05) is 0 Å². The number of hydrogen-bond donors (Lipinski definition) is 3. The van der Waals surface area contributed by atoms with Gasteiger partial charge in [0.25, 0.3) is 0 Å². The third kappa shape index (κ3) is 3.51. The number of ether oxygens (including phenoxy) is 3. The van der Waals surface area contributed by atoms with E-state index in [1.165, 1.54) is 0 Å². The maximum Gasteiger partial charge on any atom is 0.460 e. The van der Waals surface area contributed by atoms with Gasteiger partial charge in [-0.15, -0.1) is 0 Å². The lowest BCUT2D eigenvalue weighted by Gasteiger charge is -2.40. The summed E-state index contributed by atoms with van der Waals surface area (Å²) in [6, 6.07) is 0. The van der Waals surface area contributed by atoms with Gasteiger partial charge in [-0.25, -0.2) is 0 Å². The van der Waals surface area contributed by atoms with Crippen molar-refractivity contribution < 1.29 is 86.6 Å². The van der Waals surface area contributed by atoms with E-state index in [9.17, 15) is 67.3 Å². The summed E-state index contributed by atoms with van der Waals surface area (Å²) in [4.78, 5) is 0. The highest BCUT2D eigenvalue weighted by Gasteiger charge is 2.92. The van der Waals surface area contributed by atoms with E-state index >= 15 is 0 Å². The zero-order chi connectivity index (χ0) is 25.3. The molecule has 0 aliphatic carbocycles. The Bertz CT molecular complexity index is 692. The molecule has 0 bridgehead atoms. The molecule has 2 saturated heterocycles. The van der Waals surface area contributed by atoms with E-state index in [1.54, 1.807) is 0 Å². The SMILES string of the molecule is OC[C@H]1OC(O)[C@@H](O)[C@@H]2O[C@@H](C(F)(F)C(F)(F)C(F)(F)C(F)(F)C(F)(F)C(F)(F)F)O[C@@H]21. The van der Waals surface area contributed by atoms with Gasteiger partial charge in [0, 0.05) is 0 Å². The van der Waals surface area contributed by atoms with Crippen LogP contribution in [-0.4, -0.2) is 94.7 Å². The van der Waals surface area contributed by atoms with Crippen LogP contribution in [0, 0.1) is 0 Å². The maximum atomic E-state index is 14.1. The average Bonchev–Trinajstić information content (AvgIpc) is 3.09. The fourth-order valence-corrected chi connectivity index (χ4v) is 2.79. The fraction of sp³-hybridized carbons (Fsp3) is 1.00. The second kappa shape index (κ2) is 7.69. The molecular formula is C13H11F13O6. The molecule has 0 radical (unpaired) electrons. The van der Waals surface area contributed by atoms with E-state index in [-0.39, 0.29) is 0 Å². The fourth-order valence-electron chi connectivity index (χ4n) is 2.79. The lowest BCUT2D eigenvalue weighted by atomic mass is 9.93. The van der Waals surface area contributed by atoms with Crippen LogP contribution in [-0.2, 0) is 14.2 Å². The third-order valence-corrected chi connectivity index (χ3v) is 4.63. The molecule has 0 saturated carbocycles. The zero-order valence-corrected chi connectivity index (χ0v) is 14.7. The van der Waals surface area contributed by atoms with Crippen LogP contribution in [0.2, 0.25) is 0 Å². The Morgan fingerprint density at radius 2 is 1.03 bits per heavy atom. The van der Waals surface area contributed by atoms with Gasteiger partial charge in [-0.2, -0.15) is 57.1 Å². The first-order valence-electron chi connectivity index (χ1n) is 7.98. The number of halogens is 13. The van der Waals surface area contributed by atoms with Gasteiger partial charge in [0.1, 0.15) is 24.4 Å². The highest BCUT2D eigenvalue weighted by molar-refractivity contribution is 5.12. The molecule has 1 unspecified atom stereocenters. The molecule has 2 aliphatic rings. The van der Waals surface area contributed by atoms with Crippen LogP contribution >= 0.6 is 0 Å². The van der Waals surface area contributed by atoms with Gasteiger partial charge in [0.15, 0.2) is 6.29 Å². The lowest BCUT2D eigenvalue weighted by Crippen LogP contribution is -2.71. The molecule has 190 valence electrons. The molecule has 6 atom stereocenters. The molecule has 2 heterocycles. The van der Waals surface area contributed by atoms with E-state index in [0.717, 1.165) is 0 Å². The quantitative estimate of drug-likeness (QED) is 0.474. The number of fused-ring (bicyclic) bond motifs is 1. The standard InChI is InChI=1S/C13H11F13O6/c14-8(15,7-31-4-2(1-27)30-6(29)3(28)5(4)32-7)9(16,17)10(18,19)11(20,21)12(22,23)13(24,25)26/h2-7,27-29H,1H2/t2-,3+,4-,5+,6?,7+/m1/s1. The molecule has 6 nitrogen and oxygen atoms in total. The predicted molar refractivity (Wildman–Crippen MR) is 68.3 cm³/mol. The summed E-state index contributed by atoms with van der Waals surface area (Å²) in [6.45, 7) is -1.24. The number of rotatable bonds is 6. The van der Waals surface area contributed by atoms with E-state index in [0.29, 0.717) is 0 Å². The minimum absolute atomic E-state index is 1.24. The monoisotopic (exact) mass is 510 g/mol. The summed E-state index contributed by atoms with van der Waals surface area (Å²) in [6.07, 6.45) is -22.8. The van der Waals surface area contributed by atoms with Crippen LogP contribution in [0.5, 0.6) is 0 Å². The zero-order valence-electron chi connectivity index (χ0n) is 14.7. The number of aliphatic hydroxyl groups is 3. The molecule has 2 aliphatic heterocycles. The third-order valence-electron chi connectivity index (χ3n) is 4.63. The number of hydrogen-bond acceptors (Lipinski definition) is 6. The molecule has 0 aromatic carbocycles. The van der Waals surface area contributed by atoms with Crippen molar-refractivity contribution in [1.82, 2.24) is 0 Å². The first kappa shape index (κ1) is 27.1. The Kier molecular flexibility index (Phi) is 6.51. The van der Waals surface area contributed by atoms with Crippen LogP contribution in [0.15, 0.2) is 0 Å². The molecule has 3 N–H and O–H groups in total. The van der Waals surface area contributed by atoms with Crippen LogP contribution in [0.25, 0.3) is 0 Å². The van der Waals surface area contributed by atoms with Crippen molar-refractivity contribution in [3.8, 4) is 0 Å². The Morgan fingerprint density at radius 3 is 1.47 bits per heavy atom. The Labute approximate surface area is 167 Å². The van der Waals surface area contributed by atoms with Crippen molar-refractivity contribution in [2.45, 2.75) is 72.8 Å². The van der Waals surface area contributed by atoms with Crippen molar-refractivity contribution in [2.24, 2.45) is 0 Å². The first-order valence-corrected chi connectivity index (χ1v) is 7.98. The van der Waals surface area contributed by atoms with Gasteiger partial charge in [-0.05, 0) is 0 Å². The normalized spacial score (nSPS) is 33.4. The van der Waals surface area contributed by atoms with Gasteiger partial charge in [-0.1, -0.05) is 0 Å². The summed E-state index contributed by atoms with van der Waals surface area (Å²) in [7, 11) is 0. The lowest BCUT2D eigenvalue weighted by molar-refractivity contribution is -0.450. The molecule has 0 aromatic rings. The van der Waals surface area contributed by atoms with Crippen molar-refractivity contribution in [3.05, 3.63) is 0 Å². The van der Waals surface area contributed by atoms with Gasteiger partial charge < -0.3 is 29.5 Å². The Morgan fingerprint density at radius 1 is 0.594 bits per heavy atom. The molecular weight excluding hydrogens is 499 g/mol. The summed E-state index contributed by atoms with van der Waals surface area (Å²) in [5, 5.41) is 27.9. The molecule has 0 amide bonds. The molecule has 2 fully saturated rings. The summed E-state index contributed by atoms with van der Waals surface area (Å²) >= 11 is 0. The Hall–Kier alpha value is -1.15. The van der Waals surface area contributed by atoms with E-state index in [2.05, 4.69) is 14.2 Å². The number of alkyl halides is 13. The molecule has 0 spiro atoms.